The van der Waals surface area contributed by atoms with E-state index in [9.17, 15) is 9.59 Å². The molecule has 0 unspecified atom stereocenters. The fourth-order valence-corrected chi connectivity index (χ4v) is 2.98. The van der Waals surface area contributed by atoms with Crippen molar-refractivity contribution < 1.29 is 14.7 Å². The Morgan fingerprint density at radius 1 is 1.38 bits per heavy atom. The summed E-state index contributed by atoms with van der Waals surface area (Å²) in [7, 11) is 0. The third kappa shape index (κ3) is 3.80. The summed E-state index contributed by atoms with van der Waals surface area (Å²) in [5.41, 5.74) is 2.08. The number of aliphatic carboxylic acids is 1. The van der Waals surface area contributed by atoms with Crippen LogP contribution in [-0.2, 0) is 9.59 Å². The molecule has 0 saturated carbocycles. The molecule has 21 heavy (non-hydrogen) atoms. The Kier molecular flexibility index (Phi) is 4.93. The van der Waals surface area contributed by atoms with Crippen LogP contribution in [-0.4, -0.2) is 32.7 Å². The molecule has 1 heterocycles. The van der Waals surface area contributed by atoms with Crippen LogP contribution < -0.4 is 0 Å². The van der Waals surface area contributed by atoms with Gasteiger partial charge in [-0.2, -0.15) is 0 Å². The molecule has 1 N–H and O–H groups in total. The van der Waals surface area contributed by atoms with Crippen LogP contribution in [0.15, 0.2) is 47.4 Å². The van der Waals surface area contributed by atoms with Crippen molar-refractivity contribution in [2.24, 2.45) is 0 Å². The van der Waals surface area contributed by atoms with Gasteiger partial charge in [0.1, 0.15) is 10.9 Å². The Labute approximate surface area is 132 Å². The third-order valence-corrected chi connectivity index (χ3v) is 4.28. The van der Waals surface area contributed by atoms with Crippen LogP contribution in [0, 0.1) is 0 Å². The van der Waals surface area contributed by atoms with E-state index in [1.54, 1.807) is 6.08 Å². The van der Waals surface area contributed by atoms with Gasteiger partial charge in [0.15, 0.2) is 0 Å². The Morgan fingerprint density at radius 3 is 2.67 bits per heavy atom. The fraction of sp³-hybridized carbons (Fsp3) is 0.133. The second kappa shape index (κ2) is 6.69. The largest absolute Gasteiger partial charge is 0.480 e. The molecule has 1 aromatic rings. The molecule has 0 spiro atoms. The topological polar surface area (TPSA) is 57.6 Å². The zero-order valence-electron chi connectivity index (χ0n) is 11.3. The average molecular weight is 319 g/mol. The summed E-state index contributed by atoms with van der Waals surface area (Å²) in [5, 5.41) is 8.77. The van der Waals surface area contributed by atoms with Crippen molar-refractivity contribution >= 4 is 45.7 Å². The molecular weight excluding hydrogens is 306 g/mol. The number of benzene rings is 1. The number of carbonyl (C=O) groups is 2. The molecule has 0 atom stereocenters. The first-order valence-corrected chi connectivity index (χ1v) is 7.41. The van der Waals surface area contributed by atoms with Gasteiger partial charge in [-0.1, -0.05) is 60.4 Å². The highest BCUT2D eigenvalue weighted by Crippen LogP contribution is 2.31. The van der Waals surface area contributed by atoms with Crippen LogP contribution in [0.3, 0.4) is 0 Å². The van der Waals surface area contributed by atoms with E-state index in [0.717, 1.165) is 27.8 Å². The molecule has 108 valence electrons. The highest BCUT2D eigenvalue weighted by molar-refractivity contribution is 8.26. The number of allylic oxidation sites excluding steroid dienone is 3. The van der Waals surface area contributed by atoms with Gasteiger partial charge in [0.2, 0.25) is 0 Å². The van der Waals surface area contributed by atoms with E-state index < -0.39 is 12.5 Å². The minimum atomic E-state index is -1.08. The maximum atomic E-state index is 12.1. The van der Waals surface area contributed by atoms with Gasteiger partial charge in [0.05, 0.1) is 4.91 Å². The Balaban J connectivity index is 2.17. The molecule has 0 bridgehead atoms. The standard InChI is InChI=1S/C15H13NO3S2/c1-10(11-5-3-2-4-6-11)7-8-12-14(19)16(9-13(17)18)15(20)21-12/h2-8H,9H2,1H3,(H,17,18)/b10-7+,12-8-. The predicted molar refractivity (Wildman–Crippen MR) is 87.7 cm³/mol. The summed E-state index contributed by atoms with van der Waals surface area (Å²) in [6.07, 6.45) is 3.52. The molecule has 1 fully saturated rings. The van der Waals surface area contributed by atoms with Gasteiger partial charge in [-0.15, -0.1) is 0 Å². The van der Waals surface area contributed by atoms with Crippen molar-refractivity contribution in [3.05, 3.63) is 53.0 Å². The van der Waals surface area contributed by atoms with Crippen molar-refractivity contribution in [1.82, 2.24) is 4.90 Å². The molecule has 1 aliphatic heterocycles. The number of thioether (sulfide) groups is 1. The Morgan fingerprint density at radius 2 is 2.05 bits per heavy atom. The number of amides is 1. The molecule has 6 heteroatoms. The summed E-state index contributed by atoms with van der Waals surface area (Å²) in [6.45, 7) is 1.55. The first-order valence-electron chi connectivity index (χ1n) is 6.18. The van der Waals surface area contributed by atoms with Crippen LogP contribution in [0.1, 0.15) is 12.5 Å². The summed E-state index contributed by atoms with van der Waals surface area (Å²) in [5.74, 6) is -1.44. The van der Waals surface area contributed by atoms with Crippen molar-refractivity contribution in [3.63, 3.8) is 0 Å². The normalized spacial score (nSPS) is 17.7. The average Bonchev–Trinajstić information content (AvgIpc) is 2.73. The molecule has 1 aliphatic rings. The Bertz CT molecular complexity index is 650. The van der Waals surface area contributed by atoms with Crippen LogP contribution in [0.4, 0.5) is 0 Å². The second-order valence-electron chi connectivity index (χ2n) is 4.40. The van der Waals surface area contributed by atoms with Crippen LogP contribution in [0.5, 0.6) is 0 Å². The monoisotopic (exact) mass is 319 g/mol. The van der Waals surface area contributed by atoms with E-state index in [-0.39, 0.29) is 10.2 Å². The predicted octanol–water partition coefficient (Wildman–Crippen LogP) is 2.92. The number of nitrogens with zero attached hydrogens (tertiary/aromatic N) is 1. The number of thiocarbonyl (C=S) groups is 1. The summed E-state index contributed by atoms with van der Waals surface area (Å²) in [6, 6.07) is 9.79. The number of hydrogen-bond acceptors (Lipinski definition) is 4. The van der Waals surface area contributed by atoms with Gasteiger partial charge >= 0.3 is 5.97 Å². The van der Waals surface area contributed by atoms with Crippen molar-refractivity contribution in [2.45, 2.75) is 6.92 Å². The van der Waals surface area contributed by atoms with E-state index in [1.165, 1.54) is 0 Å². The smallest absolute Gasteiger partial charge is 0.323 e. The van der Waals surface area contributed by atoms with E-state index in [1.807, 2.05) is 43.3 Å². The first kappa shape index (κ1) is 15.5. The molecule has 0 aromatic heterocycles. The molecule has 0 aliphatic carbocycles. The molecule has 2 rings (SSSR count). The highest BCUT2D eigenvalue weighted by atomic mass is 32.2. The minimum absolute atomic E-state index is 0.277. The van der Waals surface area contributed by atoms with Gasteiger partial charge < -0.3 is 5.11 Å². The van der Waals surface area contributed by atoms with Gasteiger partial charge in [-0.05, 0) is 24.1 Å². The number of carboxylic acids is 1. The van der Waals surface area contributed by atoms with Crippen LogP contribution in [0.25, 0.3) is 5.57 Å². The van der Waals surface area contributed by atoms with E-state index >= 15 is 0 Å². The van der Waals surface area contributed by atoms with E-state index in [0.29, 0.717) is 4.91 Å². The van der Waals surface area contributed by atoms with Crippen LogP contribution in [0.2, 0.25) is 0 Å². The second-order valence-corrected chi connectivity index (χ2v) is 6.08. The number of rotatable bonds is 4. The maximum absolute atomic E-state index is 12.1. The molecule has 1 amide bonds. The lowest BCUT2D eigenvalue weighted by molar-refractivity contribution is -0.140. The van der Waals surface area contributed by atoms with Gasteiger partial charge in [-0.3, -0.25) is 14.5 Å². The molecule has 4 nitrogen and oxygen atoms in total. The highest BCUT2D eigenvalue weighted by Gasteiger charge is 2.32. The van der Waals surface area contributed by atoms with Crippen molar-refractivity contribution in [2.75, 3.05) is 6.54 Å². The summed E-state index contributed by atoms with van der Waals surface area (Å²) >= 11 is 6.15. The lowest BCUT2D eigenvalue weighted by Crippen LogP contribution is -2.33. The van der Waals surface area contributed by atoms with Gasteiger partial charge in [-0.25, -0.2) is 0 Å². The molecule has 1 saturated heterocycles. The fourth-order valence-electron chi connectivity index (χ4n) is 1.78. The lowest BCUT2D eigenvalue weighted by Gasteiger charge is -2.09. The zero-order valence-corrected chi connectivity index (χ0v) is 12.9. The number of carbonyl (C=O) groups excluding carboxylic acids is 1. The minimum Gasteiger partial charge on any atom is -0.480 e. The van der Waals surface area contributed by atoms with Gasteiger partial charge in [0, 0.05) is 0 Å². The summed E-state index contributed by atoms with van der Waals surface area (Å²) in [4.78, 5) is 24.3. The first-order chi connectivity index (χ1) is 9.99. The summed E-state index contributed by atoms with van der Waals surface area (Å²) < 4.78 is 0.277. The lowest BCUT2D eigenvalue weighted by atomic mass is 10.1. The van der Waals surface area contributed by atoms with Gasteiger partial charge in [0.25, 0.3) is 5.91 Å². The van der Waals surface area contributed by atoms with E-state index in [4.69, 9.17) is 17.3 Å². The SMILES string of the molecule is C/C(=C\C=C1/SC(=S)N(CC(=O)O)C1=O)c1ccccc1. The van der Waals surface area contributed by atoms with E-state index in [2.05, 4.69) is 0 Å². The Hall–Kier alpha value is -1.92. The number of hydrogen-bond donors (Lipinski definition) is 1. The third-order valence-electron chi connectivity index (χ3n) is 2.88. The number of carboxylic acid groups (broad SMARTS) is 1. The van der Waals surface area contributed by atoms with Crippen LogP contribution >= 0.6 is 24.0 Å². The van der Waals surface area contributed by atoms with Crippen molar-refractivity contribution in [3.8, 4) is 0 Å². The molecule has 1 aromatic carbocycles. The quantitative estimate of drug-likeness (QED) is 0.683. The van der Waals surface area contributed by atoms with Crippen molar-refractivity contribution in [1.29, 1.82) is 0 Å². The molecular formula is C15H13NO3S2. The maximum Gasteiger partial charge on any atom is 0.323 e. The molecule has 0 radical (unpaired) electrons. The zero-order chi connectivity index (χ0) is 15.4.